The number of carbonyl (C=O) groups excluding carboxylic acids is 1. The van der Waals surface area contributed by atoms with Gasteiger partial charge in [-0.05, 0) is 29.8 Å². The molecule has 4 nitrogen and oxygen atoms in total. The van der Waals surface area contributed by atoms with E-state index >= 15 is 0 Å². The van der Waals surface area contributed by atoms with E-state index in [1.54, 1.807) is 24.3 Å². The number of nitrogens with zero attached hydrogens (tertiary/aromatic N) is 3. The first-order valence-corrected chi connectivity index (χ1v) is 8.71. The van der Waals surface area contributed by atoms with Crippen LogP contribution in [0.3, 0.4) is 0 Å². The molecule has 0 aliphatic rings. The summed E-state index contributed by atoms with van der Waals surface area (Å²) in [5, 5.41) is 3.50. The summed E-state index contributed by atoms with van der Waals surface area (Å²) >= 11 is 7.40. The maximum Gasteiger partial charge on any atom is 0.228 e. The molecule has 0 spiro atoms. The molecule has 0 saturated carbocycles. The second-order valence-electron chi connectivity index (χ2n) is 5.44. The van der Waals surface area contributed by atoms with Crippen LogP contribution in [-0.4, -0.2) is 27.8 Å². The minimum atomic E-state index is 0.0352. The number of aromatic nitrogens is 2. The molecule has 3 aromatic rings. The zero-order valence-electron chi connectivity index (χ0n) is 13.1. The molecule has 122 valence electrons. The van der Waals surface area contributed by atoms with Crippen molar-refractivity contribution >= 4 is 28.8 Å². The summed E-state index contributed by atoms with van der Waals surface area (Å²) < 4.78 is 0. The largest absolute Gasteiger partial charge is 0.341 e. The highest BCUT2D eigenvalue weighted by Crippen LogP contribution is 2.23. The maximum atomic E-state index is 12.4. The highest BCUT2D eigenvalue weighted by Gasteiger charge is 2.13. The number of likely N-dealkylation sites (N-methyl/N-ethyl adjacent to an activating group) is 1. The van der Waals surface area contributed by atoms with E-state index in [-0.39, 0.29) is 5.91 Å². The molecule has 0 aliphatic heterocycles. The Kier molecular flexibility index (Phi) is 5.23. The van der Waals surface area contributed by atoms with Gasteiger partial charge in [-0.25, -0.2) is 4.98 Å². The van der Waals surface area contributed by atoms with Crippen molar-refractivity contribution in [1.29, 1.82) is 0 Å². The summed E-state index contributed by atoms with van der Waals surface area (Å²) in [6.07, 6.45) is 3.80. The molecule has 3 rings (SSSR count). The van der Waals surface area contributed by atoms with Crippen molar-refractivity contribution < 1.29 is 4.79 Å². The molecule has 0 saturated heterocycles. The number of carbonyl (C=O) groups is 1. The molecule has 2 heterocycles. The van der Waals surface area contributed by atoms with Crippen molar-refractivity contribution in [3.05, 3.63) is 70.5 Å². The zero-order chi connectivity index (χ0) is 16.9. The monoisotopic (exact) mass is 357 g/mol. The molecule has 0 radical (unpaired) electrons. The lowest BCUT2D eigenvalue weighted by Crippen LogP contribution is -2.27. The first-order chi connectivity index (χ1) is 11.6. The number of hydrogen-bond donors (Lipinski definition) is 0. The van der Waals surface area contributed by atoms with E-state index in [0.717, 1.165) is 21.8 Å². The lowest BCUT2D eigenvalue weighted by atomic mass is 10.2. The average molecular weight is 358 g/mol. The van der Waals surface area contributed by atoms with E-state index in [9.17, 15) is 4.79 Å². The van der Waals surface area contributed by atoms with E-state index in [0.29, 0.717) is 18.0 Å². The smallest absolute Gasteiger partial charge is 0.228 e. The number of benzene rings is 1. The summed E-state index contributed by atoms with van der Waals surface area (Å²) in [4.78, 5) is 22.7. The minimum absolute atomic E-state index is 0.0352. The molecule has 1 amide bonds. The second-order valence-corrected chi connectivity index (χ2v) is 6.73. The van der Waals surface area contributed by atoms with Gasteiger partial charge in [0.1, 0.15) is 5.01 Å². The number of hydrogen-bond acceptors (Lipinski definition) is 4. The summed E-state index contributed by atoms with van der Waals surface area (Å²) in [6, 6.07) is 11.3. The lowest BCUT2D eigenvalue weighted by molar-refractivity contribution is -0.129. The van der Waals surface area contributed by atoms with Gasteiger partial charge in [-0.3, -0.25) is 9.78 Å². The van der Waals surface area contributed by atoms with Gasteiger partial charge in [-0.2, -0.15) is 0 Å². The van der Waals surface area contributed by atoms with Crippen LogP contribution in [0.2, 0.25) is 5.02 Å². The fourth-order valence-corrected chi connectivity index (χ4v) is 3.19. The second kappa shape index (κ2) is 7.55. The third-order valence-electron chi connectivity index (χ3n) is 3.55. The zero-order valence-corrected chi connectivity index (χ0v) is 14.7. The summed E-state index contributed by atoms with van der Waals surface area (Å²) in [5.41, 5.74) is 2.80. The molecular formula is C18H16ClN3OS. The summed E-state index contributed by atoms with van der Waals surface area (Å²) in [6.45, 7) is 0.551. The van der Waals surface area contributed by atoms with E-state index < -0.39 is 0 Å². The molecular weight excluding hydrogens is 342 g/mol. The number of amides is 1. The molecule has 2 aromatic heterocycles. The van der Waals surface area contributed by atoms with Crippen molar-refractivity contribution in [3.8, 4) is 10.6 Å². The Balaban J connectivity index is 1.62. The van der Waals surface area contributed by atoms with Gasteiger partial charge in [0, 0.05) is 42.0 Å². The van der Waals surface area contributed by atoms with Crippen LogP contribution < -0.4 is 0 Å². The predicted octanol–water partition coefficient (Wildman–Crippen LogP) is 4.06. The predicted molar refractivity (Wildman–Crippen MR) is 97.0 cm³/mol. The molecule has 0 N–H and O–H groups in total. The molecule has 0 aliphatic carbocycles. The van der Waals surface area contributed by atoms with Gasteiger partial charge in [0.15, 0.2) is 0 Å². The fraction of sp³-hybridized carbons (Fsp3) is 0.167. The van der Waals surface area contributed by atoms with Crippen LogP contribution in [-0.2, 0) is 17.8 Å². The van der Waals surface area contributed by atoms with Gasteiger partial charge >= 0.3 is 0 Å². The Hall–Kier alpha value is -2.24. The number of halogens is 1. The average Bonchev–Trinajstić information content (AvgIpc) is 3.06. The highest BCUT2D eigenvalue weighted by atomic mass is 35.5. The molecule has 1 aromatic carbocycles. The van der Waals surface area contributed by atoms with Crippen LogP contribution in [0.4, 0.5) is 0 Å². The Morgan fingerprint density at radius 1 is 1.25 bits per heavy atom. The normalized spacial score (nSPS) is 10.6. The maximum absolute atomic E-state index is 12.4. The van der Waals surface area contributed by atoms with Crippen LogP contribution in [0.25, 0.3) is 10.6 Å². The molecule has 0 atom stereocenters. The molecule has 6 heteroatoms. The number of pyridine rings is 1. The SMILES string of the molecule is CN(Cc1ccc(Cl)cc1)C(=O)Cc1csc(-c2cccnc2)n1. The van der Waals surface area contributed by atoms with Crippen LogP contribution in [0.5, 0.6) is 0 Å². The van der Waals surface area contributed by atoms with Crippen LogP contribution in [0.1, 0.15) is 11.3 Å². The Labute approximate surface area is 149 Å². The minimum Gasteiger partial charge on any atom is -0.341 e. The third-order valence-corrected chi connectivity index (χ3v) is 4.74. The van der Waals surface area contributed by atoms with Gasteiger partial charge in [-0.1, -0.05) is 23.7 Å². The van der Waals surface area contributed by atoms with Crippen molar-refractivity contribution in [3.63, 3.8) is 0 Å². The van der Waals surface area contributed by atoms with E-state index in [4.69, 9.17) is 11.6 Å². The lowest BCUT2D eigenvalue weighted by Gasteiger charge is -2.16. The standard InChI is InChI=1S/C18H16ClN3OS/c1-22(11-13-4-6-15(19)7-5-13)17(23)9-16-12-24-18(21-16)14-3-2-8-20-10-14/h2-8,10,12H,9,11H2,1H3. The quantitative estimate of drug-likeness (QED) is 0.691. The van der Waals surface area contributed by atoms with Crippen LogP contribution in [0, 0.1) is 0 Å². The van der Waals surface area contributed by atoms with Crippen molar-refractivity contribution in [2.45, 2.75) is 13.0 Å². The summed E-state index contributed by atoms with van der Waals surface area (Å²) in [5.74, 6) is 0.0352. The molecule has 0 bridgehead atoms. The Bertz CT molecular complexity index is 818. The fourth-order valence-electron chi connectivity index (χ4n) is 2.25. The van der Waals surface area contributed by atoms with E-state index in [1.165, 1.54) is 11.3 Å². The van der Waals surface area contributed by atoms with Gasteiger partial charge in [0.05, 0.1) is 12.1 Å². The molecule has 24 heavy (non-hydrogen) atoms. The highest BCUT2D eigenvalue weighted by molar-refractivity contribution is 7.13. The van der Waals surface area contributed by atoms with Crippen LogP contribution >= 0.6 is 22.9 Å². The van der Waals surface area contributed by atoms with Crippen LogP contribution in [0.15, 0.2) is 54.2 Å². The van der Waals surface area contributed by atoms with Crippen molar-refractivity contribution in [2.24, 2.45) is 0 Å². The first-order valence-electron chi connectivity index (χ1n) is 7.45. The number of rotatable bonds is 5. The summed E-state index contributed by atoms with van der Waals surface area (Å²) in [7, 11) is 1.80. The molecule has 0 unspecified atom stereocenters. The topological polar surface area (TPSA) is 46.1 Å². The van der Waals surface area contributed by atoms with E-state index in [2.05, 4.69) is 9.97 Å². The molecule has 0 fully saturated rings. The van der Waals surface area contributed by atoms with Gasteiger partial charge in [0.2, 0.25) is 5.91 Å². The third kappa shape index (κ3) is 4.19. The Morgan fingerprint density at radius 3 is 2.75 bits per heavy atom. The van der Waals surface area contributed by atoms with Gasteiger partial charge < -0.3 is 4.90 Å². The van der Waals surface area contributed by atoms with Gasteiger partial charge in [0.25, 0.3) is 0 Å². The van der Waals surface area contributed by atoms with Crippen molar-refractivity contribution in [2.75, 3.05) is 7.05 Å². The van der Waals surface area contributed by atoms with E-state index in [1.807, 2.05) is 41.8 Å². The van der Waals surface area contributed by atoms with Gasteiger partial charge in [-0.15, -0.1) is 11.3 Å². The Morgan fingerprint density at radius 2 is 2.04 bits per heavy atom. The first kappa shape index (κ1) is 16.6. The van der Waals surface area contributed by atoms with Crippen molar-refractivity contribution in [1.82, 2.24) is 14.9 Å². The number of thiazole rings is 1.